The molecule has 0 saturated carbocycles. The van der Waals surface area contributed by atoms with Crippen LogP contribution in [0.1, 0.15) is 5.56 Å². The average molecular weight is 209 g/mol. The van der Waals surface area contributed by atoms with Crippen molar-refractivity contribution in [2.24, 2.45) is 5.73 Å². The Bertz CT molecular complexity index is 362. The van der Waals surface area contributed by atoms with E-state index in [2.05, 4.69) is 29.0 Å². The van der Waals surface area contributed by atoms with Crippen LogP contribution in [0.5, 0.6) is 0 Å². The van der Waals surface area contributed by atoms with E-state index in [0.29, 0.717) is 0 Å². The van der Waals surface area contributed by atoms with E-state index in [9.17, 15) is 0 Å². The molecule has 0 aliphatic rings. The SMILES string of the molecule is NCCc1ccsc1-c1cccs1. The Hall–Kier alpha value is -0.640. The molecule has 2 heterocycles. The molecule has 3 heteroatoms. The smallest absolute Gasteiger partial charge is 0.0474 e. The van der Waals surface area contributed by atoms with Gasteiger partial charge in [-0.25, -0.2) is 0 Å². The zero-order valence-corrected chi connectivity index (χ0v) is 8.83. The monoisotopic (exact) mass is 209 g/mol. The highest BCUT2D eigenvalue weighted by Gasteiger charge is 2.06. The van der Waals surface area contributed by atoms with Crippen LogP contribution in [0.2, 0.25) is 0 Å². The Balaban J connectivity index is 2.35. The molecule has 0 amide bonds. The highest BCUT2D eigenvalue weighted by molar-refractivity contribution is 7.20. The van der Waals surface area contributed by atoms with Gasteiger partial charge in [-0.05, 0) is 41.4 Å². The van der Waals surface area contributed by atoms with E-state index >= 15 is 0 Å². The van der Waals surface area contributed by atoms with Crippen LogP contribution in [0.4, 0.5) is 0 Å². The Morgan fingerprint density at radius 2 is 2.08 bits per heavy atom. The fourth-order valence-electron chi connectivity index (χ4n) is 1.31. The van der Waals surface area contributed by atoms with E-state index in [1.807, 2.05) is 0 Å². The van der Waals surface area contributed by atoms with Crippen LogP contribution in [-0.2, 0) is 6.42 Å². The minimum atomic E-state index is 0.731. The number of hydrogen-bond acceptors (Lipinski definition) is 3. The first-order chi connectivity index (χ1) is 6.42. The molecular formula is C10H11NS2. The molecule has 0 aliphatic heterocycles. The summed E-state index contributed by atoms with van der Waals surface area (Å²) in [6, 6.07) is 6.43. The molecule has 0 aliphatic carbocycles. The number of rotatable bonds is 3. The Kier molecular flexibility index (Phi) is 2.78. The quantitative estimate of drug-likeness (QED) is 0.826. The molecular weight excluding hydrogens is 198 g/mol. The lowest BCUT2D eigenvalue weighted by molar-refractivity contribution is 0.976. The number of hydrogen-bond donors (Lipinski definition) is 1. The van der Waals surface area contributed by atoms with E-state index in [0.717, 1.165) is 13.0 Å². The molecule has 0 fully saturated rings. The maximum absolute atomic E-state index is 5.55. The van der Waals surface area contributed by atoms with E-state index < -0.39 is 0 Å². The second-order valence-electron chi connectivity index (χ2n) is 2.79. The largest absolute Gasteiger partial charge is 0.330 e. The van der Waals surface area contributed by atoms with Crippen molar-refractivity contribution in [3.63, 3.8) is 0 Å². The van der Waals surface area contributed by atoms with Crippen LogP contribution in [0.15, 0.2) is 29.0 Å². The number of nitrogens with two attached hydrogens (primary N) is 1. The van der Waals surface area contributed by atoms with Gasteiger partial charge in [0.15, 0.2) is 0 Å². The van der Waals surface area contributed by atoms with Gasteiger partial charge in [-0.2, -0.15) is 0 Å². The molecule has 2 rings (SSSR count). The lowest BCUT2D eigenvalue weighted by atomic mass is 10.2. The third-order valence-electron chi connectivity index (χ3n) is 1.91. The summed E-state index contributed by atoms with van der Waals surface area (Å²) in [6.07, 6.45) is 0.983. The minimum absolute atomic E-state index is 0.731. The molecule has 1 nitrogen and oxygen atoms in total. The van der Waals surface area contributed by atoms with Crippen LogP contribution in [0.25, 0.3) is 9.75 Å². The molecule has 0 aromatic carbocycles. The van der Waals surface area contributed by atoms with Crippen LogP contribution in [0, 0.1) is 0 Å². The van der Waals surface area contributed by atoms with Crippen molar-refractivity contribution < 1.29 is 0 Å². The van der Waals surface area contributed by atoms with Crippen molar-refractivity contribution in [3.05, 3.63) is 34.5 Å². The van der Waals surface area contributed by atoms with Crippen molar-refractivity contribution in [2.75, 3.05) is 6.54 Å². The molecule has 0 spiro atoms. The summed E-state index contributed by atoms with van der Waals surface area (Å²) in [7, 11) is 0. The van der Waals surface area contributed by atoms with Gasteiger partial charge in [0.25, 0.3) is 0 Å². The third kappa shape index (κ3) is 1.82. The zero-order valence-electron chi connectivity index (χ0n) is 7.19. The third-order valence-corrected chi connectivity index (χ3v) is 3.91. The summed E-state index contributed by atoms with van der Waals surface area (Å²) in [5.74, 6) is 0. The van der Waals surface area contributed by atoms with Crippen LogP contribution in [-0.4, -0.2) is 6.54 Å². The first-order valence-electron chi connectivity index (χ1n) is 4.22. The molecule has 13 heavy (non-hydrogen) atoms. The Labute approximate surface area is 85.8 Å². The molecule has 2 aromatic heterocycles. The Morgan fingerprint density at radius 3 is 2.77 bits per heavy atom. The Morgan fingerprint density at radius 1 is 1.15 bits per heavy atom. The van der Waals surface area contributed by atoms with Gasteiger partial charge >= 0.3 is 0 Å². The average Bonchev–Trinajstić information content (AvgIpc) is 2.71. The molecule has 0 atom stereocenters. The van der Waals surface area contributed by atoms with Gasteiger partial charge < -0.3 is 5.73 Å². The normalized spacial score (nSPS) is 10.5. The summed E-state index contributed by atoms with van der Waals surface area (Å²) in [4.78, 5) is 2.75. The standard InChI is InChI=1S/C10H11NS2/c11-5-3-8-4-7-13-10(8)9-2-1-6-12-9/h1-2,4,6-7H,3,5,11H2. The molecule has 0 unspecified atom stereocenters. The highest BCUT2D eigenvalue weighted by Crippen LogP contribution is 2.32. The highest BCUT2D eigenvalue weighted by atomic mass is 32.1. The molecule has 0 saturated heterocycles. The van der Waals surface area contributed by atoms with E-state index in [4.69, 9.17) is 5.73 Å². The van der Waals surface area contributed by atoms with E-state index in [-0.39, 0.29) is 0 Å². The summed E-state index contributed by atoms with van der Waals surface area (Å²) in [5.41, 5.74) is 6.93. The molecule has 0 radical (unpaired) electrons. The van der Waals surface area contributed by atoms with Crippen molar-refractivity contribution in [1.29, 1.82) is 0 Å². The fourth-order valence-corrected chi connectivity index (χ4v) is 3.17. The maximum atomic E-state index is 5.55. The van der Waals surface area contributed by atoms with Crippen molar-refractivity contribution in [2.45, 2.75) is 6.42 Å². The van der Waals surface area contributed by atoms with Gasteiger partial charge in [-0.1, -0.05) is 6.07 Å². The van der Waals surface area contributed by atoms with Crippen LogP contribution < -0.4 is 5.73 Å². The van der Waals surface area contributed by atoms with Gasteiger partial charge in [-0.15, -0.1) is 22.7 Å². The zero-order chi connectivity index (χ0) is 9.10. The van der Waals surface area contributed by atoms with E-state index in [1.165, 1.54) is 15.3 Å². The van der Waals surface area contributed by atoms with Gasteiger partial charge in [0.05, 0.1) is 0 Å². The summed E-state index contributed by atoms with van der Waals surface area (Å²) < 4.78 is 0. The molecule has 2 aromatic rings. The second-order valence-corrected chi connectivity index (χ2v) is 4.65. The topological polar surface area (TPSA) is 26.0 Å². The lowest BCUT2D eigenvalue weighted by Crippen LogP contribution is -2.02. The van der Waals surface area contributed by atoms with Crippen LogP contribution in [0.3, 0.4) is 0 Å². The summed E-state index contributed by atoms with van der Waals surface area (Å²) in [6.45, 7) is 0.731. The number of thiophene rings is 2. The molecule has 2 N–H and O–H groups in total. The first-order valence-corrected chi connectivity index (χ1v) is 5.98. The van der Waals surface area contributed by atoms with Crippen molar-refractivity contribution in [1.82, 2.24) is 0 Å². The van der Waals surface area contributed by atoms with Crippen molar-refractivity contribution in [3.8, 4) is 9.75 Å². The van der Waals surface area contributed by atoms with Gasteiger partial charge in [-0.3, -0.25) is 0 Å². The van der Waals surface area contributed by atoms with E-state index in [1.54, 1.807) is 22.7 Å². The lowest BCUT2D eigenvalue weighted by Gasteiger charge is -1.98. The fraction of sp³-hybridized carbons (Fsp3) is 0.200. The van der Waals surface area contributed by atoms with Crippen molar-refractivity contribution >= 4 is 22.7 Å². The van der Waals surface area contributed by atoms with Crippen LogP contribution >= 0.6 is 22.7 Å². The maximum Gasteiger partial charge on any atom is 0.0474 e. The molecule has 0 bridgehead atoms. The van der Waals surface area contributed by atoms with Gasteiger partial charge in [0.2, 0.25) is 0 Å². The van der Waals surface area contributed by atoms with Gasteiger partial charge in [0.1, 0.15) is 0 Å². The van der Waals surface area contributed by atoms with Gasteiger partial charge in [0, 0.05) is 9.75 Å². The predicted molar refractivity (Wildman–Crippen MR) is 60.4 cm³/mol. The summed E-state index contributed by atoms with van der Waals surface area (Å²) in [5, 5.41) is 4.25. The minimum Gasteiger partial charge on any atom is -0.330 e. The molecule has 68 valence electrons. The summed E-state index contributed by atoms with van der Waals surface area (Å²) >= 11 is 3.59. The second kappa shape index (κ2) is 4.05. The predicted octanol–water partition coefficient (Wildman–Crippen LogP) is 2.98. The first kappa shape index (κ1) is 8.94.